The first kappa shape index (κ1) is 15.5. The quantitative estimate of drug-likeness (QED) is 0.920. The Bertz CT molecular complexity index is 683. The zero-order valence-electron chi connectivity index (χ0n) is 12.7. The summed E-state index contributed by atoms with van der Waals surface area (Å²) < 4.78 is 26.6. The van der Waals surface area contributed by atoms with Crippen LogP contribution in [0.25, 0.3) is 0 Å². The minimum atomic E-state index is -3.47. The molecule has 0 radical (unpaired) electrons. The Labute approximate surface area is 131 Å². The first-order valence-corrected chi connectivity index (χ1v) is 9.21. The number of carboxylic acids is 1. The molecule has 1 saturated carbocycles. The number of nitrogens with zero attached hydrogens (tertiary/aromatic N) is 1. The Morgan fingerprint density at radius 1 is 1.36 bits per heavy atom. The largest absolute Gasteiger partial charge is 0.481 e. The molecule has 2 atom stereocenters. The van der Waals surface area contributed by atoms with Gasteiger partial charge < -0.3 is 5.11 Å². The zero-order valence-corrected chi connectivity index (χ0v) is 13.5. The van der Waals surface area contributed by atoms with Gasteiger partial charge in [0.25, 0.3) is 0 Å². The molecular formula is C16H21NO4S. The molecular weight excluding hydrogens is 302 g/mol. The highest BCUT2D eigenvalue weighted by atomic mass is 32.2. The van der Waals surface area contributed by atoms with Crippen LogP contribution in [0.3, 0.4) is 0 Å². The smallest absolute Gasteiger partial charge is 0.311 e. The number of hydrogen-bond donors (Lipinski definition) is 1. The number of carbonyl (C=O) groups is 1. The lowest BCUT2D eigenvalue weighted by Crippen LogP contribution is -2.37. The third-order valence-corrected chi connectivity index (χ3v) is 6.89. The number of fused-ring (bicyclic) bond motifs is 1. The van der Waals surface area contributed by atoms with Crippen LogP contribution in [0.2, 0.25) is 0 Å². The van der Waals surface area contributed by atoms with Crippen LogP contribution < -0.4 is 0 Å². The average molecular weight is 323 g/mol. The van der Waals surface area contributed by atoms with Gasteiger partial charge in [-0.15, -0.1) is 0 Å². The molecule has 5 nitrogen and oxygen atoms in total. The summed E-state index contributed by atoms with van der Waals surface area (Å²) in [6, 6.07) is 7.41. The minimum Gasteiger partial charge on any atom is -0.481 e. The highest BCUT2D eigenvalue weighted by Gasteiger charge is 2.56. The Morgan fingerprint density at radius 3 is 2.64 bits per heavy atom. The highest BCUT2D eigenvalue weighted by molar-refractivity contribution is 7.88. The van der Waals surface area contributed by atoms with E-state index in [4.69, 9.17) is 0 Å². The van der Waals surface area contributed by atoms with Gasteiger partial charge >= 0.3 is 5.97 Å². The number of hydrogen-bond acceptors (Lipinski definition) is 3. The molecule has 1 aromatic rings. The van der Waals surface area contributed by atoms with Crippen molar-refractivity contribution in [3.63, 3.8) is 0 Å². The van der Waals surface area contributed by atoms with E-state index in [2.05, 4.69) is 0 Å². The second kappa shape index (κ2) is 5.35. The molecule has 22 heavy (non-hydrogen) atoms. The van der Waals surface area contributed by atoms with Gasteiger partial charge in [-0.05, 0) is 31.2 Å². The molecule has 6 heteroatoms. The molecule has 3 rings (SSSR count). The molecule has 2 aliphatic rings. The summed E-state index contributed by atoms with van der Waals surface area (Å²) >= 11 is 0. The van der Waals surface area contributed by atoms with E-state index in [-0.39, 0.29) is 18.2 Å². The topological polar surface area (TPSA) is 74.7 Å². The van der Waals surface area contributed by atoms with Gasteiger partial charge in [0.05, 0.1) is 11.2 Å². The third-order valence-electron chi connectivity index (χ3n) is 5.13. The molecule has 0 aromatic heterocycles. The summed E-state index contributed by atoms with van der Waals surface area (Å²) in [5.74, 6) is -0.948. The van der Waals surface area contributed by atoms with E-state index < -0.39 is 21.4 Å². The van der Waals surface area contributed by atoms with E-state index >= 15 is 0 Å². The molecule has 1 aliphatic heterocycles. The van der Waals surface area contributed by atoms with Crippen LogP contribution in [0.5, 0.6) is 0 Å². The SMILES string of the molecule is Cc1ccc(CS(=O)(=O)N2C[C@@H]3CCC[C@@]3(C(=O)O)C2)cc1. The lowest BCUT2D eigenvalue weighted by Gasteiger charge is -2.23. The molecule has 2 fully saturated rings. The van der Waals surface area contributed by atoms with Crippen LogP contribution in [0.15, 0.2) is 24.3 Å². The molecule has 1 N–H and O–H groups in total. The fraction of sp³-hybridized carbons (Fsp3) is 0.562. The molecule has 0 amide bonds. The zero-order chi connectivity index (χ0) is 16.0. The number of sulfonamides is 1. The fourth-order valence-corrected chi connectivity index (χ4v) is 5.42. The Balaban J connectivity index is 1.79. The standard InChI is InChI=1S/C16H21NO4S/c1-12-4-6-13(7-5-12)10-22(20,21)17-9-14-3-2-8-16(14,11-17)15(18)19/h4-7,14H,2-3,8-11H2,1H3,(H,18,19)/t14-,16+/m0/s1. The van der Waals surface area contributed by atoms with Gasteiger partial charge in [-0.3, -0.25) is 4.79 Å². The average Bonchev–Trinajstić information content (AvgIpc) is 2.99. The van der Waals surface area contributed by atoms with Crippen molar-refractivity contribution in [3.05, 3.63) is 35.4 Å². The van der Waals surface area contributed by atoms with Crippen molar-refractivity contribution in [1.82, 2.24) is 4.31 Å². The van der Waals surface area contributed by atoms with Crippen molar-refractivity contribution in [2.45, 2.75) is 31.9 Å². The predicted octanol–water partition coefficient (Wildman–Crippen LogP) is 2.01. The fourth-order valence-electron chi connectivity index (χ4n) is 3.79. The summed E-state index contributed by atoms with van der Waals surface area (Å²) in [5, 5.41) is 9.56. The minimum absolute atomic E-state index is 0.0437. The molecule has 0 spiro atoms. The summed E-state index contributed by atoms with van der Waals surface area (Å²) in [5.41, 5.74) is 0.967. The van der Waals surface area contributed by atoms with Gasteiger partial charge in [-0.25, -0.2) is 12.7 Å². The Kier molecular flexibility index (Phi) is 3.77. The van der Waals surface area contributed by atoms with Crippen molar-refractivity contribution >= 4 is 16.0 Å². The Hall–Kier alpha value is -1.40. The van der Waals surface area contributed by atoms with Crippen LogP contribution in [0, 0.1) is 18.3 Å². The van der Waals surface area contributed by atoms with Gasteiger partial charge in [-0.1, -0.05) is 36.2 Å². The third kappa shape index (κ3) is 2.54. The van der Waals surface area contributed by atoms with Crippen molar-refractivity contribution < 1.29 is 18.3 Å². The predicted molar refractivity (Wildman–Crippen MR) is 82.8 cm³/mol. The summed E-state index contributed by atoms with van der Waals surface area (Å²) in [6.07, 6.45) is 2.27. The number of aryl methyl sites for hydroxylation is 1. The monoisotopic (exact) mass is 323 g/mol. The second-order valence-electron chi connectivity index (χ2n) is 6.58. The van der Waals surface area contributed by atoms with Gasteiger partial charge in [0.15, 0.2) is 0 Å². The lowest BCUT2D eigenvalue weighted by atomic mass is 9.81. The van der Waals surface area contributed by atoms with E-state index in [0.29, 0.717) is 13.0 Å². The molecule has 1 aromatic carbocycles. The van der Waals surface area contributed by atoms with E-state index in [1.54, 1.807) is 0 Å². The highest BCUT2D eigenvalue weighted by Crippen LogP contribution is 2.49. The normalized spacial score (nSPS) is 28.7. The summed E-state index contributed by atoms with van der Waals surface area (Å²) in [4.78, 5) is 11.7. The maximum atomic E-state index is 12.6. The molecule has 120 valence electrons. The van der Waals surface area contributed by atoms with Crippen molar-refractivity contribution in [2.75, 3.05) is 13.1 Å². The van der Waals surface area contributed by atoms with Crippen LogP contribution >= 0.6 is 0 Å². The molecule has 0 bridgehead atoms. The van der Waals surface area contributed by atoms with Crippen molar-refractivity contribution in [3.8, 4) is 0 Å². The number of carboxylic acid groups (broad SMARTS) is 1. The van der Waals surface area contributed by atoms with E-state index in [1.807, 2.05) is 31.2 Å². The summed E-state index contributed by atoms with van der Waals surface area (Å²) in [7, 11) is -3.47. The van der Waals surface area contributed by atoms with Crippen LogP contribution in [-0.2, 0) is 20.6 Å². The maximum Gasteiger partial charge on any atom is 0.311 e. The maximum absolute atomic E-state index is 12.6. The van der Waals surface area contributed by atoms with Crippen LogP contribution in [0.1, 0.15) is 30.4 Å². The van der Waals surface area contributed by atoms with Crippen LogP contribution in [0.4, 0.5) is 0 Å². The van der Waals surface area contributed by atoms with E-state index in [9.17, 15) is 18.3 Å². The molecule has 0 unspecified atom stereocenters. The van der Waals surface area contributed by atoms with E-state index in [1.165, 1.54) is 4.31 Å². The van der Waals surface area contributed by atoms with Gasteiger partial charge in [-0.2, -0.15) is 0 Å². The number of aliphatic carboxylic acids is 1. The van der Waals surface area contributed by atoms with Crippen molar-refractivity contribution in [1.29, 1.82) is 0 Å². The molecule has 1 aliphatic carbocycles. The second-order valence-corrected chi connectivity index (χ2v) is 8.55. The molecule has 1 saturated heterocycles. The van der Waals surface area contributed by atoms with Crippen molar-refractivity contribution in [2.24, 2.45) is 11.3 Å². The van der Waals surface area contributed by atoms with Gasteiger partial charge in [0.2, 0.25) is 10.0 Å². The Morgan fingerprint density at radius 2 is 2.05 bits per heavy atom. The van der Waals surface area contributed by atoms with Crippen LogP contribution in [-0.4, -0.2) is 36.9 Å². The lowest BCUT2D eigenvalue weighted by molar-refractivity contribution is -0.149. The first-order chi connectivity index (χ1) is 10.3. The van der Waals surface area contributed by atoms with E-state index in [0.717, 1.165) is 24.0 Å². The van der Waals surface area contributed by atoms with Gasteiger partial charge in [0.1, 0.15) is 0 Å². The van der Waals surface area contributed by atoms with Gasteiger partial charge in [0, 0.05) is 13.1 Å². The number of rotatable bonds is 4. The first-order valence-electron chi connectivity index (χ1n) is 7.60. The number of benzene rings is 1. The summed E-state index contributed by atoms with van der Waals surface area (Å²) in [6.45, 7) is 2.43. The molecule has 1 heterocycles.